The third kappa shape index (κ3) is 3.32. The highest BCUT2D eigenvalue weighted by Gasteiger charge is 2.39. The van der Waals surface area contributed by atoms with Crippen LogP contribution >= 0.6 is 0 Å². The van der Waals surface area contributed by atoms with E-state index in [1.165, 1.54) is 6.33 Å². The van der Waals surface area contributed by atoms with Crippen molar-refractivity contribution in [1.82, 2.24) is 19.7 Å². The fraction of sp³-hybridized carbons (Fsp3) is 0.667. The van der Waals surface area contributed by atoms with Crippen molar-refractivity contribution in [2.45, 2.75) is 50.2 Å². The number of amides is 1. The van der Waals surface area contributed by atoms with Gasteiger partial charge in [0, 0.05) is 38.8 Å². The van der Waals surface area contributed by atoms with Crippen LogP contribution in [0.2, 0.25) is 0 Å². The van der Waals surface area contributed by atoms with E-state index in [0.29, 0.717) is 25.8 Å². The van der Waals surface area contributed by atoms with Crippen LogP contribution in [0.4, 0.5) is 0 Å². The van der Waals surface area contributed by atoms with Gasteiger partial charge < -0.3 is 4.90 Å². The fourth-order valence-electron chi connectivity index (χ4n) is 2.94. The molecule has 0 N–H and O–H groups in total. The first-order valence-corrected chi connectivity index (χ1v) is 7.72. The van der Waals surface area contributed by atoms with Gasteiger partial charge in [0.15, 0.2) is 5.66 Å². The molecule has 1 unspecified atom stereocenters. The zero-order valence-corrected chi connectivity index (χ0v) is 12.6. The maximum Gasteiger partial charge on any atom is 0.222 e. The van der Waals surface area contributed by atoms with Gasteiger partial charge in [-0.15, -0.1) is 12.3 Å². The van der Waals surface area contributed by atoms with Gasteiger partial charge in [-0.25, -0.2) is 9.67 Å². The van der Waals surface area contributed by atoms with E-state index in [1.54, 1.807) is 6.33 Å². The number of hydrogen-bond donors (Lipinski definition) is 0. The molecule has 1 amide bonds. The predicted molar refractivity (Wildman–Crippen MR) is 79.8 cm³/mol. The minimum absolute atomic E-state index is 0.169. The molecule has 1 aromatic heterocycles. The number of rotatable bonds is 6. The number of aromatic nitrogens is 3. The molecule has 0 aromatic carbocycles. The molecule has 0 aliphatic carbocycles. The quantitative estimate of drug-likeness (QED) is 0.752. The Balaban J connectivity index is 1.49. The van der Waals surface area contributed by atoms with E-state index in [9.17, 15) is 4.79 Å². The van der Waals surface area contributed by atoms with Crippen LogP contribution in [-0.2, 0) is 4.79 Å². The van der Waals surface area contributed by atoms with Crippen LogP contribution in [0, 0.1) is 12.3 Å². The molecule has 7 heteroatoms. The first-order chi connectivity index (χ1) is 10.7. The lowest BCUT2D eigenvalue weighted by Gasteiger charge is -2.32. The molecule has 0 radical (unpaired) electrons. The van der Waals surface area contributed by atoms with Gasteiger partial charge in [-0.3, -0.25) is 4.79 Å². The van der Waals surface area contributed by atoms with Gasteiger partial charge in [0.1, 0.15) is 12.7 Å². The Morgan fingerprint density at radius 2 is 2.27 bits per heavy atom. The summed E-state index contributed by atoms with van der Waals surface area (Å²) in [4.78, 5) is 18.3. The third-order valence-corrected chi connectivity index (χ3v) is 4.35. The van der Waals surface area contributed by atoms with Crippen LogP contribution < -0.4 is 0 Å². The van der Waals surface area contributed by atoms with E-state index in [1.807, 2.05) is 9.58 Å². The normalized spacial score (nSPS) is 22.3. The first kappa shape index (κ1) is 14.7. The van der Waals surface area contributed by atoms with Gasteiger partial charge in [-0.2, -0.15) is 15.3 Å². The molecule has 7 nitrogen and oxygen atoms in total. The standard InChI is InChI=1S/C15H20N6O/c1-2-3-7-15(18-19-15)8-6-14(22)20-9-4-5-13(10-20)21-12-16-11-17-21/h1,11-13H,3-10H2. The van der Waals surface area contributed by atoms with Crippen molar-refractivity contribution in [3.05, 3.63) is 12.7 Å². The first-order valence-electron chi connectivity index (χ1n) is 7.72. The second-order valence-corrected chi connectivity index (χ2v) is 5.90. The minimum Gasteiger partial charge on any atom is -0.341 e. The van der Waals surface area contributed by atoms with E-state index in [0.717, 1.165) is 25.8 Å². The molecule has 0 saturated carbocycles. The Morgan fingerprint density at radius 3 is 2.95 bits per heavy atom. The Labute approximate surface area is 129 Å². The Morgan fingerprint density at radius 1 is 1.41 bits per heavy atom. The van der Waals surface area contributed by atoms with Crippen LogP contribution in [-0.4, -0.2) is 44.3 Å². The number of likely N-dealkylation sites (tertiary alicyclic amines) is 1. The van der Waals surface area contributed by atoms with Gasteiger partial charge in [-0.05, 0) is 12.8 Å². The second-order valence-electron chi connectivity index (χ2n) is 5.90. The van der Waals surface area contributed by atoms with Crippen LogP contribution in [0.15, 0.2) is 22.9 Å². The number of piperidine rings is 1. The maximum absolute atomic E-state index is 12.4. The molecule has 1 aromatic rings. The third-order valence-electron chi connectivity index (χ3n) is 4.35. The van der Waals surface area contributed by atoms with Crippen molar-refractivity contribution in [2.75, 3.05) is 13.1 Å². The summed E-state index contributed by atoms with van der Waals surface area (Å²) >= 11 is 0. The zero-order chi connectivity index (χ0) is 15.4. The maximum atomic E-state index is 12.4. The topological polar surface area (TPSA) is 75.7 Å². The molecule has 22 heavy (non-hydrogen) atoms. The molecule has 3 rings (SSSR count). The molecule has 2 aliphatic heterocycles. The van der Waals surface area contributed by atoms with Crippen molar-refractivity contribution in [3.8, 4) is 12.3 Å². The Bertz CT molecular complexity index is 582. The number of terminal acetylenes is 1. The smallest absolute Gasteiger partial charge is 0.222 e. The van der Waals surface area contributed by atoms with Gasteiger partial charge >= 0.3 is 0 Å². The highest BCUT2D eigenvalue weighted by atomic mass is 16.2. The van der Waals surface area contributed by atoms with Crippen molar-refractivity contribution in [2.24, 2.45) is 10.2 Å². The highest BCUT2D eigenvalue weighted by molar-refractivity contribution is 5.76. The van der Waals surface area contributed by atoms with E-state index in [4.69, 9.17) is 6.42 Å². The van der Waals surface area contributed by atoms with Crippen molar-refractivity contribution >= 4 is 5.91 Å². The van der Waals surface area contributed by atoms with Gasteiger partial charge in [-0.1, -0.05) is 0 Å². The molecule has 1 fully saturated rings. The molecule has 3 heterocycles. The average Bonchev–Trinajstić information content (AvgIpc) is 3.10. The number of carbonyl (C=O) groups excluding carboxylic acids is 1. The van der Waals surface area contributed by atoms with Crippen LogP contribution in [0.1, 0.15) is 44.6 Å². The predicted octanol–water partition coefficient (Wildman–Crippen LogP) is 1.80. The van der Waals surface area contributed by atoms with Gasteiger partial charge in [0.25, 0.3) is 0 Å². The summed E-state index contributed by atoms with van der Waals surface area (Å²) in [6.07, 6.45) is 13.1. The molecule has 0 bridgehead atoms. The largest absolute Gasteiger partial charge is 0.341 e. The van der Waals surface area contributed by atoms with Crippen molar-refractivity contribution < 1.29 is 4.79 Å². The monoisotopic (exact) mass is 300 g/mol. The van der Waals surface area contributed by atoms with Crippen molar-refractivity contribution in [3.63, 3.8) is 0 Å². The van der Waals surface area contributed by atoms with E-state index >= 15 is 0 Å². The molecule has 1 saturated heterocycles. The molecule has 116 valence electrons. The second kappa shape index (κ2) is 6.26. The number of nitrogens with zero attached hydrogens (tertiary/aromatic N) is 6. The van der Waals surface area contributed by atoms with Crippen molar-refractivity contribution in [1.29, 1.82) is 0 Å². The molecular formula is C15H20N6O. The van der Waals surface area contributed by atoms with E-state index in [2.05, 4.69) is 26.2 Å². The fourth-order valence-corrected chi connectivity index (χ4v) is 2.94. The van der Waals surface area contributed by atoms with Crippen LogP contribution in [0.3, 0.4) is 0 Å². The molecular weight excluding hydrogens is 280 g/mol. The average molecular weight is 300 g/mol. The van der Waals surface area contributed by atoms with Gasteiger partial charge in [0.2, 0.25) is 5.91 Å². The molecule has 0 spiro atoms. The Kier molecular flexibility index (Phi) is 4.18. The summed E-state index contributed by atoms with van der Waals surface area (Å²) < 4.78 is 1.85. The van der Waals surface area contributed by atoms with E-state index < -0.39 is 0 Å². The summed E-state index contributed by atoms with van der Waals surface area (Å²) in [5.41, 5.74) is -0.372. The SMILES string of the molecule is C#CCCC1(CCC(=O)N2CCCC(n3cncn3)C2)N=N1. The summed E-state index contributed by atoms with van der Waals surface area (Å²) in [6.45, 7) is 1.52. The van der Waals surface area contributed by atoms with E-state index in [-0.39, 0.29) is 17.6 Å². The summed E-state index contributed by atoms with van der Waals surface area (Å²) in [5, 5.41) is 12.3. The highest BCUT2D eigenvalue weighted by Crippen LogP contribution is 2.37. The lowest BCUT2D eigenvalue weighted by Crippen LogP contribution is -2.41. The summed E-state index contributed by atoms with van der Waals surface area (Å²) in [5.74, 6) is 2.77. The lowest BCUT2D eigenvalue weighted by molar-refractivity contribution is -0.133. The van der Waals surface area contributed by atoms with Crippen LogP contribution in [0.5, 0.6) is 0 Å². The number of hydrogen-bond acceptors (Lipinski definition) is 5. The minimum atomic E-state index is -0.372. The van der Waals surface area contributed by atoms with Crippen LogP contribution in [0.25, 0.3) is 0 Å². The zero-order valence-electron chi connectivity index (χ0n) is 12.6. The summed E-state index contributed by atoms with van der Waals surface area (Å²) in [7, 11) is 0. The summed E-state index contributed by atoms with van der Waals surface area (Å²) in [6, 6.07) is 0.228. The molecule has 1 atom stereocenters. The lowest BCUT2D eigenvalue weighted by atomic mass is 10.0. The van der Waals surface area contributed by atoms with Gasteiger partial charge in [0.05, 0.1) is 6.04 Å². The number of carbonyl (C=O) groups is 1. The molecule has 2 aliphatic rings. The Hall–Kier alpha value is -2.23.